The zero-order chi connectivity index (χ0) is 24.0. The van der Waals surface area contributed by atoms with E-state index in [2.05, 4.69) is 35.8 Å². The van der Waals surface area contributed by atoms with Crippen LogP contribution in [0.4, 0.5) is 0 Å². The van der Waals surface area contributed by atoms with E-state index in [0.717, 1.165) is 49.6 Å². The van der Waals surface area contributed by atoms with Crippen LogP contribution in [0.15, 0.2) is 72.8 Å². The van der Waals surface area contributed by atoms with Gasteiger partial charge in [0.15, 0.2) is 0 Å². The molecule has 35 heavy (non-hydrogen) atoms. The Hall–Kier alpha value is -2.68. The number of aryl methyl sites for hydroxylation is 1. The van der Waals surface area contributed by atoms with Gasteiger partial charge in [0.1, 0.15) is 0 Å². The van der Waals surface area contributed by atoms with Crippen LogP contribution in [-0.4, -0.2) is 4.57 Å². The summed E-state index contributed by atoms with van der Waals surface area (Å²) >= 11 is 26.0. The summed E-state index contributed by atoms with van der Waals surface area (Å²) in [6, 6.07) is 24.6. The Morgan fingerprint density at radius 2 is 0.771 bits per heavy atom. The molecule has 5 heteroatoms. The molecule has 0 amide bonds. The van der Waals surface area contributed by atoms with Gasteiger partial charge < -0.3 is 4.57 Å². The maximum atomic E-state index is 6.50. The van der Waals surface area contributed by atoms with Crippen LogP contribution in [0.25, 0.3) is 64.9 Å². The molecule has 1 heterocycles. The normalized spacial score (nSPS) is 12.3. The molecule has 0 bridgehead atoms. The van der Waals surface area contributed by atoms with Crippen LogP contribution in [0.2, 0.25) is 20.1 Å². The molecular weight excluding hydrogens is 516 g/mol. The van der Waals surface area contributed by atoms with Crippen molar-refractivity contribution in [2.24, 2.45) is 0 Å². The van der Waals surface area contributed by atoms with E-state index in [0.29, 0.717) is 20.1 Å². The van der Waals surface area contributed by atoms with Crippen molar-refractivity contribution in [3.63, 3.8) is 0 Å². The third-order valence-electron chi connectivity index (χ3n) is 7.14. The second-order valence-electron chi connectivity index (χ2n) is 8.95. The fourth-order valence-corrected chi connectivity index (χ4v) is 6.51. The lowest BCUT2D eigenvalue weighted by Crippen LogP contribution is -1.95. The monoisotopic (exact) mass is 531 g/mol. The second kappa shape index (κ2) is 7.66. The molecule has 0 aliphatic heterocycles. The molecule has 7 rings (SSSR count). The number of fused-ring (bicyclic) bond motifs is 13. The first-order valence-corrected chi connectivity index (χ1v) is 12.9. The van der Waals surface area contributed by atoms with E-state index in [1.807, 2.05) is 48.5 Å². The number of hydrogen-bond donors (Lipinski definition) is 0. The maximum absolute atomic E-state index is 6.50. The lowest BCUT2D eigenvalue weighted by molar-refractivity contribution is 0.832. The van der Waals surface area contributed by atoms with Crippen LogP contribution < -0.4 is 0 Å². The van der Waals surface area contributed by atoms with Gasteiger partial charge in [0.25, 0.3) is 0 Å². The largest absolute Gasteiger partial charge is 0.340 e. The number of nitrogens with zero attached hydrogens (tertiary/aromatic N) is 1. The SMILES string of the molecule is CCn1c2c3ccc(Cl)cc3c3cc(Cl)ccc3c2c2c3ccc(Cl)cc3c3cc(Cl)ccc3c21. The Morgan fingerprint density at radius 1 is 0.457 bits per heavy atom. The first-order valence-electron chi connectivity index (χ1n) is 11.4. The van der Waals surface area contributed by atoms with Crippen molar-refractivity contribution in [1.82, 2.24) is 4.57 Å². The highest BCUT2D eigenvalue weighted by molar-refractivity contribution is 6.42. The van der Waals surface area contributed by atoms with Crippen LogP contribution in [0, 0.1) is 0 Å². The van der Waals surface area contributed by atoms with Crippen molar-refractivity contribution in [3.05, 3.63) is 92.9 Å². The van der Waals surface area contributed by atoms with E-state index in [1.165, 1.54) is 21.8 Å². The van der Waals surface area contributed by atoms with Gasteiger partial charge in [-0.3, -0.25) is 0 Å². The van der Waals surface area contributed by atoms with Crippen molar-refractivity contribution < 1.29 is 0 Å². The van der Waals surface area contributed by atoms with Crippen molar-refractivity contribution >= 4 is 111 Å². The maximum Gasteiger partial charge on any atom is 0.0577 e. The average Bonchev–Trinajstić information content (AvgIpc) is 3.19. The zero-order valence-corrected chi connectivity index (χ0v) is 21.6. The molecule has 0 atom stereocenters. The van der Waals surface area contributed by atoms with Crippen LogP contribution in [0.5, 0.6) is 0 Å². The zero-order valence-electron chi connectivity index (χ0n) is 18.6. The highest BCUT2D eigenvalue weighted by Crippen LogP contribution is 2.47. The Balaban J connectivity index is 1.93. The lowest BCUT2D eigenvalue weighted by atomic mass is 9.93. The van der Waals surface area contributed by atoms with E-state index >= 15 is 0 Å². The van der Waals surface area contributed by atoms with Crippen LogP contribution in [0.1, 0.15) is 6.92 Å². The fourth-order valence-electron chi connectivity index (χ4n) is 5.83. The van der Waals surface area contributed by atoms with E-state index < -0.39 is 0 Å². The summed E-state index contributed by atoms with van der Waals surface area (Å²) in [6.07, 6.45) is 0. The molecular formula is C30H17Cl4N. The molecule has 7 aromatic rings. The average molecular weight is 533 g/mol. The lowest BCUT2D eigenvalue weighted by Gasteiger charge is -2.12. The minimum absolute atomic E-state index is 0.703. The van der Waals surface area contributed by atoms with Crippen molar-refractivity contribution in [2.45, 2.75) is 13.5 Å². The summed E-state index contributed by atoms with van der Waals surface area (Å²) < 4.78 is 2.43. The first kappa shape index (κ1) is 21.6. The van der Waals surface area contributed by atoms with Gasteiger partial charge in [-0.2, -0.15) is 0 Å². The van der Waals surface area contributed by atoms with Crippen LogP contribution in [0.3, 0.4) is 0 Å². The van der Waals surface area contributed by atoms with Gasteiger partial charge in [0, 0.05) is 48.2 Å². The van der Waals surface area contributed by atoms with Crippen molar-refractivity contribution in [2.75, 3.05) is 0 Å². The molecule has 170 valence electrons. The van der Waals surface area contributed by atoms with E-state index in [9.17, 15) is 0 Å². The van der Waals surface area contributed by atoms with Gasteiger partial charge in [0.2, 0.25) is 0 Å². The second-order valence-corrected chi connectivity index (χ2v) is 10.7. The molecule has 0 radical (unpaired) electrons. The molecule has 0 aliphatic carbocycles. The minimum atomic E-state index is 0.703. The number of hydrogen-bond acceptors (Lipinski definition) is 0. The molecule has 0 saturated carbocycles. The number of rotatable bonds is 1. The molecule has 1 nitrogen and oxygen atoms in total. The van der Waals surface area contributed by atoms with Gasteiger partial charge in [-0.05, 0) is 87.8 Å². The number of halogens is 4. The van der Waals surface area contributed by atoms with E-state index in [1.54, 1.807) is 0 Å². The van der Waals surface area contributed by atoms with E-state index in [4.69, 9.17) is 46.4 Å². The molecule has 0 aliphatic rings. The third-order valence-corrected chi connectivity index (χ3v) is 8.08. The molecule has 0 spiro atoms. The summed E-state index contributed by atoms with van der Waals surface area (Å²) in [5.41, 5.74) is 2.39. The topological polar surface area (TPSA) is 4.93 Å². The van der Waals surface area contributed by atoms with Gasteiger partial charge in [-0.25, -0.2) is 0 Å². The van der Waals surface area contributed by atoms with Crippen molar-refractivity contribution in [1.29, 1.82) is 0 Å². The molecule has 0 unspecified atom stereocenters. The molecule has 1 aromatic heterocycles. The summed E-state index contributed by atoms with van der Waals surface area (Å²) in [5, 5.41) is 14.2. The fraction of sp³-hybridized carbons (Fsp3) is 0.0667. The van der Waals surface area contributed by atoms with Crippen molar-refractivity contribution in [3.8, 4) is 0 Å². The smallest absolute Gasteiger partial charge is 0.0577 e. The number of aromatic nitrogens is 1. The minimum Gasteiger partial charge on any atom is -0.340 e. The van der Waals surface area contributed by atoms with Gasteiger partial charge in [-0.15, -0.1) is 0 Å². The van der Waals surface area contributed by atoms with Crippen LogP contribution in [-0.2, 0) is 6.54 Å². The van der Waals surface area contributed by atoms with Gasteiger partial charge in [0.05, 0.1) is 11.0 Å². The Bertz CT molecular complexity index is 1890. The molecule has 0 N–H and O–H groups in total. The molecule has 0 fully saturated rings. The number of benzene rings is 6. The standard InChI is InChI=1S/C30H17Cl4N/c1-2-35-29-21-9-5-17(33)13-25(21)23-11-15(31)3-7-19(23)27(29)28-20-8-4-16(32)12-24(20)26-14-18(34)6-10-22(26)30(28)35/h3-14H,2H2,1H3. The Labute approximate surface area is 221 Å². The molecule has 0 saturated heterocycles. The first-order chi connectivity index (χ1) is 17.0. The highest BCUT2D eigenvalue weighted by Gasteiger charge is 2.22. The summed E-state index contributed by atoms with van der Waals surface area (Å²) in [4.78, 5) is 0. The summed E-state index contributed by atoms with van der Waals surface area (Å²) in [7, 11) is 0. The Kier molecular flexibility index (Phi) is 4.72. The Morgan fingerprint density at radius 3 is 1.11 bits per heavy atom. The van der Waals surface area contributed by atoms with E-state index in [-0.39, 0.29) is 0 Å². The van der Waals surface area contributed by atoms with Gasteiger partial charge >= 0.3 is 0 Å². The van der Waals surface area contributed by atoms with Gasteiger partial charge in [-0.1, -0.05) is 70.7 Å². The quantitative estimate of drug-likeness (QED) is 0.185. The predicted octanol–water partition coefficient (Wildman–Crippen LogP) is 11.0. The summed E-state index contributed by atoms with van der Waals surface area (Å²) in [5.74, 6) is 0. The predicted molar refractivity (Wildman–Crippen MR) is 155 cm³/mol. The molecule has 6 aromatic carbocycles. The summed E-state index contributed by atoms with van der Waals surface area (Å²) in [6.45, 7) is 3.01. The third kappa shape index (κ3) is 2.96. The van der Waals surface area contributed by atoms with Crippen LogP contribution >= 0.6 is 46.4 Å². The highest BCUT2D eigenvalue weighted by atomic mass is 35.5.